The van der Waals surface area contributed by atoms with E-state index in [1.54, 1.807) is 23.1 Å². The van der Waals surface area contributed by atoms with Gasteiger partial charge in [-0.1, -0.05) is 43.7 Å². The first-order valence-corrected chi connectivity index (χ1v) is 14.2. The van der Waals surface area contributed by atoms with Crippen molar-refractivity contribution in [2.45, 2.75) is 64.0 Å². The molecule has 2 aromatic carbocycles. The molecule has 1 aliphatic carbocycles. The van der Waals surface area contributed by atoms with Crippen LogP contribution in [-0.2, 0) is 22.7 Å². The van der Waals surface area contributed by atoms with Gasteiger partial charge >= 0.3 is 0 Å². The lowest BCUT2D eigenvalue weighted by atomic mass is 9.87. The number of methoxy groups -OCH3 is 1. The van der Waals surface area contributed by atoms with E-state index >= 15 is 0 Å². The number of aliphatic hydroxyl groups is 3. The van der Waals surface area contributed by atoms with Crippen molar-refractivity contribution >= 4 is 34.4 Å². The van der Waals surface area contributed by atoms with Gasteiger partial charge in [0.25, 0.3) is 0 Å². The molecule has 0 aliphatic heterocycles. The topological polar surface area (TPSA) is 129 Å². The summed E-state index contributed by atoms with van der Waals surface area (Å²) in [4.78, 5) is 28.1. The van der Waals surface area contributed by atoms with Gasteiger partial charge in [0.15, 0.2) is 11.5 Å². The number of amides is 2. The highest BCUT2D eigenvalue weighted by molar-refractivity contribution is 14.1. The Balaban J connectivity index is 2.02. The maximum atomic E-state index is 13.5. The van der Waals surface area contributed by atoms with Crippen LogP contribution in [0.3, 0.4) is 0 Å². The Morgan fingerprint density at radius 3 is 2.54 bits per heavy atom. The van der Waals surface area contributed by atoms with Crippen LogP contribution in [0.4, 0.5) is 0 Å². The molecule has 1 aliphatic rings. The largest absolute Gasteiger partial charge is 0.493 e. The van der Waals surface area contributed by atoms with Crippen molar-refractivity contribution in [3.8, 4) is 11.5 Å². The molecule has 0 saturated heterocycles. The summed E-state index contributed by atoms with van der Waals surface area (Å²) >= 11 is 2.07. The fourth-order valence-corrected chi connectivity index (χ4v) is 5.33. The lowest BCUT2D eigenvalue weighted by molar-refractivity contribution is -0.139. The Kier molecular flexibility index (Phi) is 12.0. The third-order valence-electron chi connectivity index (χ3n) is 6.60. The number of hydrogen-bond acceptors (Lipinski definition) is 7. The summed E-state index contributed by atoms with van der Waals surface area (Å²) in [6.45, 7) is 1.97. The molecule has 0 aromatic heterocycles. The zero-order valence-corrected chi connectivity index (χ0v) is 24.5. The maximum Gasteiger partial charge on any atom is 0.247 e. The molecule has 0 fully saturated rings. The van der Waals surface area contributed by atoms with Gasteiger partial charge in [0.05, 0.1) is 29.9 Å². The van der Waals surface area contributed by atoms with E-state index in [1.165, 1.54) is 7.11 Å². The second-order valence-corrected chi connectivity index (χ2v) is 10.6. The van der Waals surface area contributed by atoms with Crippen LogP contribution in [0.5, 0.6) is 11.5 Å². The van der Waals surface area contributed by atoms with Crippen molar-refractivity contribution in [1.29, 1.82) is 0 Å². The van der Waals surface area contributed by atoms with Crippen molar-refractivity contribution in [1.82, 2.24) is 10.2 Å². The molecule has 10 heteroatoms. The van der Waals surface area contributed by atoms with E-state index in [1.807, 2.05) is 37.3 Å². The van der Waals surface area contributed by atoms with Crippen LogP contribution in [0.25, 0.3) is 0 Å². The molecule has 4 N–H and O–H groups in total. The molecule has 2 aromatic rings. The predicted molar refractivity (Wildman–Crippen MR) is 155 cm³/mol. The first-order chi connectivity index (χ1) is 18.8. The minimum absolute atomic E-state index is 0.0758. The number of benzene rings is 2. The zero-order valence-electron chi connectivity index (χ0n) is 22.3. The number of nitrogens with zero attached hydrogens (tertiary/aromatic N) is 1. The maximum absolute atomic E-state index is 13.5. The van der Waals surface area contributed by atoms with E-state index < -0.39 is 24.2 Å². The number of aliphatic hydroxyl groups excluding tert-OH is 3. The van der Waals surface area contributed by atoms with Crippen molar-refractivity contribution in [3.05, 3.63) is 68.8 Å². The predicted octanol–water partition coefficient (Wildman–Crippen LogP) is 2.93. The van der Waals surface area contributed by atoms with Crippen LogP contribution in [0.2, 0.25) is 0 Å². The molecule has 0 spiro atoms. The average molecular weight is 653 g/mol. The SMILES string of the molecule is CCCCC(=O)N(Cc1ccccc1)C1CC(C(=O)NCCO)=CC(Oc2c(I)cc(CO)cc2OC)C1O. The van der Waals surface area contributed by atoms with Crippen LogP contribution in [0, 0.1) is 3.57 Å². The van der Waals surface area contributed by atoms with E-state index in [0.29, 0.717) is 39.0 Å². The van der Waals surface area contributed by atoms with Gasteiger partial charge in [-0.15, -0.1) is 0 Å². The van der Waals surface area contributed by atoms with E-state index in [2.05, 4.69) is 27.9 Å². The van der Waals surface area contributed by atoms with E-state index in [0.717, 1.165) is 12.0 Å². The smallest absolute Gasteiger partial charge is 0.247 e. The number of unbranched alkanes of at least 4 members (excludes halogenated alkanes) is 1. The number of nitrogens with one attached hydrogen (secondary N) is 1. The van der Waals surface area contributed by atoms with Gasteiger partial charge in [0.2, 0.25) is 11.8 Å². The third-order valence-corrected chi connectivity index (χ3v) is 7.40. The molecule has 3 rings (SSSR count). The first kappa shape index (κ1) is 30.9. The fraction of sp³-hybridized carbons (Fsp3) is 0.448. The van der Waals surface area contributed by atoms with Crippen LogP contribution >= 0.6 is 22.6 Å². The van der Waals surface area contributed by atoms with Crippen molar-refractivity contribution in [2.75, 3.05) is 20.3 Å². The van der Waals surface area contributed by atoms with Gasteiger partial charge < -0.3 is 35.0 Å². The molecule has 0 radical (unpaired) electrons. The highest BCUT2D eigenvalue weighted by Crippen LogP contribution is 2.37. The Bertz CT molecular complexity index is 1140. The van der Waals surface area contributed by atoms with Gasteiger partial charge in [-0.25, -0.2) is 0 Å². The lowest BCUT2D eigenvalue weighted by Crippen LogP contribution is -2.54. The summed E-state index contributed by atoms with van der Waals surface area (Å²) in [6, 6.07) is 12.2. The number of halogens is 1. The molecule has 3 atom stereocenters. The van der Waals surface area contributed by atoms with Gasteiger partial charge in [0, 0.05) is 31.5 Å². The second kappa shape index (κ2) is 15.2. The van der Waals surface area contributed by atoms with E-state index in [9.17, 15) is 24.9 Å². The molecule has 0 heterocycles. The number of carbonyl (C=O) groups excluding carboxylic acids is 2. The quantitative estimate of drug-likeness (QED) is 0.245. The zero-order chi connectivity index (χ0) is 28.4. The fourth-order valence-electron chi connectivity index (χ4n) is 4.54. The van der Waals surface area contributed by atoms with Crippen molar-refractivity contribution < 1.29 is 34.4 Å². The molecule has 0 bridgehead atoms. The molecule has 2 amide bonds. The monoisotopic (exact) mass is 652 g/mol. The van der Waals surface area contributed by atoms with Crippen molar-refractivity contribution in [2.24, 2.45) is 0 Å². The minimum Gasteiger partial charge on any atom is -0.493 e. The number of carbonyl (C=O) groups is 2. The second-order valence-electron chi connectivity index (χ2n) is 9.39. The molecule has 0 saturated carbocycles. The van der Waals surface area contributed by atoms with Crippen molar-refractivity contribution in [3.63, 3.8) is 0 Å². The summed E-state index contributed by atoms with van der Waals surface area (Å²) < 4.78 is 12.4. The van der Waals surface area contributed by atoms with Gasteiger partial charge in [0.1, 0.15) is 12.2 Å². The summed E-state index contributed by atoms with van der Waals surface area (Å²) in [5.74, 6) is 0.228. The van der Waals surface area contributed by atoms with Crippen LogP contribution in [-0.4, -0.2) is 70.5 Å². The third kappa shape index (κ3) is 8.17. The van der Waals surface area contributed by atoms with E-state index in [4.69, 9.17) is 9.47 Å². The number of ether oxygens (including phenoxy) is 2. The molecule has 3 unspecified atom stereocenters. The molecule has 39 heavy (non-hydrogen) atoms. The van der Waals surface area contributed by atoms with E-state index in [-0.39, 0.29) is 38.6 Å². The lowest BCUT2D eigenvalue weighted by Gasteiger charge is -2.41. The number of rotatable bonds is 13. The van der Waals surface area contributed by atoms with Gasteiger partial charge in [-0.3, -0.25) is 9.59 Å². The summed E-state index contributed by atoms with van der Waals surface area (Å²) in [7, 11) is 1.48. The van der Waals surface area contributed by atoms with Crippen LogP contribution in [0.1, 0.15) is 43.7 Å². The first-order valence-electron chi connectivity index (χ1n) is 13.1. The highest BCUT2D eigenvalue weighted by atomic mass is 127. The standard InChI is InChI=1S/C29H37IN2O7/c1-3-4-10-26(35)32(17-19-8-6-5-7-9-19)23-15-21(29(37)31-11-12-33)16-24(27(23)36)39-28-22(30)13-20(18-34)14-25(28)38-2/h5-9,13-14,16,23-24,27,33-34,36H,3-4,10-12,15,17-18H2,1-2H3,(H,31,37). The van der Waals surface area contributed by atoms with Crippen LogP contribution < -0.4 is 14.8 Å². The van der Waals surface area contributed by atoms with Gasteiger partial charge in [-0.2, -0.15) is 0 Å². The Morgan fingerprint density at radius 1 is 1.15 bits per heavy atom. The number of hydrogen-bond donors (Lipinski definition) is 4. The summed E-state index contributed by atoms with van der Waals surface area (Å²) in [6.07, 6.45) is 1.45. The van der Waals surface area contributed by atoms with Crippen LogP contribution in [0.15, 0.2) is 54.1 Å². The average Bonchev–Trinajstić information content (AvgIpc) is 2.95. The molecule has 9 nitrogen and oxygen atoms in total. The molecule has 212 valence electrons. The Labute approximate surface area is 243 Å². The van der Waals surface area contributed by atoms with Gasteiger partial charge in [-0.05, 0) is 58.3 Å². The Morgan fingerprint density at radius 2 is 1.90 bits per heavy atom. The molecular formula is C29H37IN2O7. The molecular weight excluding hydrogens is 615 g/mol. The summed E-state index contributed by atoms with van der Waals surface area (Å²) in [5.41, 5.74) is 1.90. The normalized spacial score (nSPS) is 18.7. The highest BCUT2D eigenvalue weighted by Gasteiger charge is 2.40. The summed E-state index contributed by atoms with van der Waals surface area (Å²) in [5, 5.41) is 33.1. The minimum atomic E-state index is -1.15. The Hall–Kier alpha value is -2.67.